The second kappa shape index (κ2) is 12.8. The Morgan fingerprint density at radius 3 is 2.53 bits per heavy atom. The summed E-state index contributed by atoms with van der Waals surface area (Å²) < 4.78 is 12.7. The van der Waals surface area contributed by atoms with Crippen molar-refractivity contribution in [3.63, 3.8) is 0 Å². The standard InChI is InChI=1S/C28H29N5O4S/c1-4-37-22-14-12-21(13-15-22)33-25(17-29-27(35)23-10-5-6-11-24(23)36-3)31-32-28(33)38-18-26(34)30-20-9-7-8-19(2)16-20/h5-16H,4,17-18H2,1-3H3,(H,29,35)(H,30,34). The molecule has 0 aliphatic heterocycles. The van der Waals surface area contributed by atoms with Gasteiger partial charge in [0.1, 0.15) is 11.5 Å². The molecule has 10 heteroatoms. The number of amides is 2. The van der Waals surface area contributed by atoms with Crippen molar-refractivity contribution in [3.05, 3.63) is 89.7 Å². The number of aromatic nitrogens is 3. The summed E-state index contributed by atoms with van der Waals surface area (Å²) in [5.74, 6) is 1.41. The number of aryl methyl sites for hydroxylation is 1. The van der Waals surface area contributed by atoms with Crippen LogP contribution in [0.4, 0.5) is 5.69 Å². The fraction of sp³-hybridized carbons (Fsp3) is 0.214. The molecule has 0 spiro atoms. The highest BCUT2D eigenvalue weighted by molar-refractivity contribution is 7.99. The van der Waals surface area contributed by atoms with E-state index in [0.717, 1.165) is 22.7 Å². The number of nitrogens with zero attached hydrogens (tertiary/aromatic N) is 3. The predicted molar refractivity (Wildman–Crippen MR) is 147 cm³/mol. The molecular weight excluding hydrogens is 502 g/mol. The van der Waals surface area contributed by atoms with E-state index < -0.39 is 0 Å². The minimum absolute atomic E-state index is 0.118. The number of carbonyl (C=O) groups is 2. The van der Waals surface area contributed by atoms with Crippen LogP contribution < -0.4 is 20.1 Å². The number of nitrogens with one attached hydrogen (secondary N) is 2. The number of thioether (sulfide) groups is 1. The van der Waals surface area contributed by atoms with Gasteiger partial charge in [0.2, 0.25) is 5.91 Å². The number of carbonyl (C=O) groups excluding carboxylic acids is 2. The maximum Gasteiger partial charge on any atom is 0.255 e. The molecule has 2 N–H and O–H groups in total. The highest BCUT2D eigenvalue weighted by Crippen LogP contribution is 2.25. The van der Waals surface area contributed by atoms with Crippen LogP contribution in [0.3, 0.4) is 0 Å². The Labute approximate surface area is 225 Å². The maximum atomic E-state index is 12.9. The van der Waals surface area contributed by atoms with Crippen molar-refractivity contribution in [2.45, 2.75) is 25.5 Å². The number of rotatable bonds is 11. The molecule has 4 rings (SSSR count). The Hall–Kier alpha value is -4.31. The number of methoxy groups -OCH3 is 1. The average Bonchev–Trinajstić information content (AvgIpc) is 3.34. The van der Waals surface area contributed by atoms with Crippen molar-refractivity contribution in [3.8, 4) is 17.2 Å². The van der Waals surface area contributed by atoms with E-state index in [4.69, 9.17) is 9.47 Å². The minimum atomic E-state index is -0.296. The van der Waals surface area contributed by atoms with E-state index in [9.17, 15) is 9.59 Å². The van der Waals surface area contributed by atoms with Crippen LogP contribution in [0.1, 0.15) is 28.7 Å². The molecule has 1 heterocycles. The Kier molecular flexibility index (Phi) is 8.99. The SMILES string of the molecule is CCOc1ccc(-n2c(CNC(=O)c3ccccc3OC)nnc2SCC(=O)Nc2cccc(C)c2)cc1. The topological polar surface area (TPSA) is 107 Å². The van der Waals surface area contributed by atoms with Crippen LogP contribution in [0.25, 0.3) is 5.69 Å². The largest absolute Gasteiger partial charge is 0.496 e. The lowest BCUT2D eigenvalue weighted by molar-refractivity contribution is -0.113. The number of para-hydroxylation sites is 1. The van der Waals surface area contributed by atoms with Crippen LogP contribution in [0.5, 0.6) is 11.5 Å². The smallest absolute Gasteiger partial charge is 0.255 e. The number of hydrogen-bond donors (Lipinski definition) is 2. The third kappa shape index (κ3) is 6.71. The summed E-state index contributed by atoms with van der Waals surface area (Å²) in [5, 5.41) is 15.0. The van der Waals surface area contributed by atoms with Gasteiger partial charge in [0.05, 0.1) is 31.6 Å². The molecule has 3 aromatic carbocycles. The zero-order valence-corrected chi connectivity index (χ0v) is 22.2. The van der Waals surface area contributed by atoms with Gasteiger partial charge in [0, 0.05) is 11.4 Å². The highest BCUT2D eigenvalue weighted by Gasteiger charge is 2.18. The first-order chi connectivity index (χ1) is 18.5. The van der Waals surface area contributed by atoms with E-state index in [0.29, 0.717) is 28.9 Å². The number of anilines is 1. The predicted octanol–water partition coefficient (Wildman–Crippen LogP) is 4.64. The van der Waals surface area contributed by atoms with Gasteiger partial charge in [0.25, 0.3) is 5.91 Å². The molecule has 0 atom stereocenters. The second-order valence-corrected chi connectivity index (χ2v) is 9.19. The molecule has 0 radical (unpaired) electrons. The molecule has 0 unspecified atom stereocenters. The van der Waals surface area contributed by atoms with Gasteiger partial charge in [-0.25, -0.2) is 0 Å². The molecular formula is C28H29N5O4S. The lowest BCUT2D eigenvalue weighted by Gasteiger charge is -2.13. The molecule has 38 heavy (non-hydrogen) atoms. The van der Waals surface area contributed by atoms with E-state index in [1.54, 1.807) is 24.3 Å². The van der Waals surface area contributed by atoms with E-state index in [1.807, 2.05) is 66.9 Å². The third-order valence-electron chi connectivity index (χ3n) is 5.50. The Bertz CT molecular complexity index is 1400. The van der Waals surface area contributed by atoms with E-state index >= 15 is 0 Å². The number of ether oxygens (including phenoxy) is 2. The first-order valence-corrected chi connectivity index (χ1v) is 13.0. The van der Waals surface area contributed by atoms with Crippen molar-refractivity contribution in [2.24, 2.45) is 0 Å². The average molecular weight is 532 g/mol. The molecule has 0 bridgehead atoms. The summed E-state index contributed by atoms with van der Waals surface area (Å²) in [6.07, 6.45) is 0. The molecule has 0 saturated heterocycles. The Morgan fingerprint density at radius 1 is 1.00 bits per heavy atom. The highest BCUT2D eigenvalue weighted by atomic mass is 32.2. The van der Waals surface area contributed by atoms with Crippen LogP contribution >= 0.6 is 11.8 Å². The van der Waals surface area contributed by atoms with Crippen molar-refractivity contribution >= 4 is 29.3 Å². The van der Waals surface area contributed by atoms with Crippen LogP contribution in [0.2, 0.25) is 0 Å². The minimum Gasteiger partial charge on any atom is -0.496 e. The fourth-order valence-electron chi connectivity index (χ4n) is 3.76. The van der Waals surface area contributed by atoms with E-state index in [2.05, 4.69) is 20.8 Å². The zero-order chi connectivity index (χ0) is 26.9. The third-order valence-corrected chi connectivity index (χ3v) is 6.43. The molecule has 196 valence electrons. The molecule has 4 aromatic rings. The van der Waals surface area contributed by atoms with E-state index in [-0.39, 0.29) is 24.1 Å². The monoisotopic (exact) mass is 531 g/mol. The van der Waals surface area contributed by atoms with Gasteiger partial charge >= 0.3 is 0 Å². The van der Waals surface area contributed by atoms with Gasteiger partial charge in [-0.2, -0.15) is 0 Å². The van der Waals surface area contributed by atoms with Gasteiger partial charge in [-0.3, -0.25) is 14.2 Å². The van der Waals surface area contributed by atoms with Gasteiger partial charge in [-0.15, -0.1) is 10.2 Å². The number of benzene rings is 3. The summed E-state index contributed by atoms with van der Waals surface area (Å²) >= 11 is 1.26. The van der Waals surface area contributed by atoms with Gasteiger partial charge in [-0.1, -0.05) is 36.0 Å². The summed E-state index contributed by atoms with van der Waals surface area (Å²) in [6, 6.07) is 22.1. The van der Waals surface area contributed by atoms with Crippen molar-refractivity contribution in [1.82, 2.24) is 20.1 Å². The quantitative estimate of drug-likeness (QED) is 0.272. The van der Waals surface area contributed by atoms with Crippen molar-refractivity contribution < 1.29 is 19.1 Å². The van der Waals surface area contributed by atoms with Gasteiger partial charge in [0.15, 0.2) is 11.0 Å². The zero-order valence-electron chi connectivity index (χ0n) is 21.4. The van der Waals surface area contributed by atoms with Crippen LogP contribution in [-0.4, -0.2) is 46.0 Å². The van der Waals surface area contributed by atoms with Crippen molar-refractivity contribution in [1.29, 1.82) is 0 Å². The molecule has 9 nitrogen and oxygen atoms in total. The van der Waals surface area contributed by atoms with Crippen molar-refractivity contribution in [2.75, 3.05) is 24.8 Å². The fourth-order valence-corrected chi connectivity index (χ4v) is 4.53. The molecule has 1 aromatic heterocycles. The molecule has 0 saturated carbocycles. The number of hydrogen-bond acceptors (Lipinski definition) is 7. The first-order valence-electron chi connectivity index (χ1n) is 12.1. The van der Waals surface area contributed by atoms with E-state index in [1.165, 1.54) is 18.9 Å². The second-order valence-electron chi connectivity index (χ2n) is 8.25. The van der Waals surface area contributed by atoms with Gasteiger partial charge < -0.3 is 20.1 Å². The molecule has 0 aliphatic carbocycles. The molecule has 0 fully saturated rings. The summed E-state index contributed by atoms with van der Waals surface area (Å²) in [7, 11) is 1.52. The summed E-state index contributed by atoms with van der Waals surface area (Å²) in [6.45, 7) is 4.57. The summed E-state index contributed by atoms with van der Waals surface area (Å²) in [4.78, 5) is 25.5. The van der Waals surface area contributed by atoms with Crippen LogP contribution in [0, 0.1) is 6.92 Å². The maximum absolute atomic E-state index is 12.9. The van der Waals surface area contributed by atoms with Gasteiger partial charge in [-0.05, 0) is 67.9 Å². The normalized spacial score (nSPS) is 10.6. The first kappa shape index (κ1) is 26.7. The van der Waals surface area contributed by atoms with Crippen LogP contribution in [-0.2, 0) is 11.3 Å². The van der Waals surface area contributed by atoms with Crippen LogP contribution in [0.15, 0.2) is 78.0 Å². The molecule has 0 aliphatic rings. The summed E-state index contributed by atoms with van der Waals surface area (Å²) in [5.41, 5.74) is 3.00. The lowest BCUT2D eigenvalue weighted by atomic mass is 10.2. The Balaban J connectivity index is 1.53. The Morgan fingerprint density at radius 2 is 1.79 bits per heavy atom. The molecule has 2 amide bonds. The lowest BCUT2D eigenvalue weighted by Crippen LogP contribution is -2.25.